The van der Waals surface area contributed by atoms with Crippen LogP contribution in [0.2, 0.25) is 0 Å². The van der Waals surface area contributed by atoms with Gasteiger partial charge in [0.15, 0.2) is 0 Å². The second-order valence-corrected chi connectivity index (χ2v) is 7.49. The van der Waals surface area contributed by atoms with Crippen LogP contribution >= 0.6 is 0 Å². The number of carbonyl (C=O) groups is 2. The molecular weight excluding hydrogens is 323 g/mol. The van der Waals surface area contributed by atoms with Crippen LogP contribution < -0.4 is 4.90 Å². The number of amides is 1. The topological polar surface area (TPSA) is 49.9 Å². The fraction of sp³-hybridized carbons (Fsp3) is 0.579. The first-order valence-corrected chi connectivity index (χ1v) is 8.92. The van der Waals surface area contributed by atoms with E-state index in [1.54, 1.807) is 17.0 Å². The van der Waals surface area contributed by atoms with E-state index in [9.17, 15) is 14.0 Å². The number of para-hydroxylation sites is 1. The molecule has 5 nitrogen and oxygen atoms in total. The Morgan fingerprint density at radius 3 is 2.60 bits per heavy atom. The molecule has 1 atom stereocenters. The number of ether oxygens (including phenoxy) is 1. The van der Waals surface area contributed by atoms with E-state index in [-0.39, 0.29) is 17.7 Å². The first-order valence-electron chi connectivity index (χ1n) is 8.92. The molecule has 1 spiro atoms. The van der Waals surface area contributed by atoms with E-state index in [1.165, 1.54) is 13.2 Å². The Hall–Kier alpha value is -2.11. The number of anilines is 1. The normalized spacial score (nSPS) is 27.7. The third-order valence-electron chi connectivity index (χ3n) is 6.09. The standard InChI is InChI=1S/C19H23FN2O3/c1-25-17(24)19(8-9-19)22-12-10-18(16(22)23)7-4-11-21(13-18)15-6-3-2-5-14(15)20/h2-3,5-6H,4,7-13H2,1H3. The Kier molecular flexibility index (Phi) is 3.74. The Balaban J connectivity index is 1.58. The highest BCUT2D eigenvalue weighted by atomic mass is 19.1. The fourth-order valence-corrected chi connectivity index (χ4v) is 4.55. The Morgan fingerprint density at radius 2 is 1.92 bits per heavy atom. The fourth-order valence-electron chi connectivity index (χ4n) is 4.55. The molecule has 0 radical (unpaired) electrons. The van der Waals surface area contributed by atoms with Crippen LogP contribution in [-0.4, -0.2) is 49.1 Å². The summed E-state index contributed by atoms with van der Waals surface area (Å²) in [6.45, 7) is 1.84. The molecule has 1 amide bonds. The number of hydrogen-bond acceptors (Lipinski definition) is 4. The summed E-state index contributed by atoms with van der Waals surface area (Å²) in [5.74, 6) is -0.522. The van der Waals surface area contributed by atoms with Gasteiger partial charge in [-0.25, -0.2) is 9.18 Å². The molecule has 2 aliphatic heterocycles. The molecule has 2 heterocycles. The van der Waals surface area contributed by atoms with Crippen molar-refractivity contribution in [2.75, 3.05) is 31.6 Å². The molecule has 1 aromatic rings. The smallest absolute Gasteiger partial charge is 0.331 e. The van der Waals surface area contributed by atoms with Gasteiger partial charge in [-0.1, -0.05) is 12.1 Å². The van der Waals surface area contributed by atoms with Gasteiger partial charge in [0, 0.05) is 19.6 Å². The summed E-state index contributed by atoms with van der Waals surface area (Å²) in [6.07, 6.45) is 3.72. The van der Waals surface area contributed by atoms with Gasteiger partial charge < -0.3 is 14.5 Å². The molecule has 2 saturated heterocycles. The van der Waals surface area contributed by atoms with Gasteiger partial charge in [-0.2, -0.15) is 0 Å². The third kappa shape index (κ3) is 2.41. The molecule has 0 bridgehead atoms. The number of nitrogens with zero attached hydrogens (tertiary/aromatic N) is 2. The number of benzene rings is 1. The first kappa shape index (κ1) is 16.4. The molecule has 6 heteroatoms. The van der Waals surface area contributed by atoms with Crippen molar-refractivity contribution in [1.29, 1.82) is 0 Å². The Bertz CT molecular complexity index is 718. The molecule has 25 heavy (non-hydrogen) atoms. The van der Waals surface area contributed by atoms with Crippen molar-refractivity contribution in [2.24, 2.45) is 5.41 Å². The minimum absolute atomic E-state index is 0.0384. The van der Waals surface area contributed by atoms with E-state index in [4.69, 9.17) is 4.74 Å². The maximum absolute atomic E-state index is 14.2. The SMILES string of the molecule is COC(=O)C1(N2CCC3(CCCN(c4ccccc4F)C3)C2=O)CC1. The summed E-state index contributed by atoms with van der Waals surface area (Å²) in [5, 5.41) is 0. The van der Waals surface area contributed by atoms with Crippen LogP contribution in [0.3, 0.4) is 0 Å². The number of piperidine rings is 1. The van der Waals surface area contributed by atoms with E-state index >= 15 is 0 Å². The predicted octanol–water partition coefficient (Wildman–Crippen LogP) is 2.35. The van der Waals surface area contributed by atoms with Crippen LogP contribution in [0.25, 0.3) is 0 Å². The maximum atomic E-state index is 14.2. The summed E-state index contributed by atoms with van der Waals surface area (Å²) >= 11 is 0. The molecular formula is C19H23FN2O3. The number of methoxy groups -OCH3 is 1. The van der Waals surface area contributed by atoms with Crippen LogP contribution in [0, 0.1) is 11.2 Å². The first-order chi connectivity index (χ1) is 12.0. The van der Waals surface area contributed by atoms with Crippen molar-refractivity contribution in [2.45, 2.75) is 37.6 Å². The van der Waals surface area contributed by atoms with Gasteiger partial charge >= 0.3 is 5.97 Å². The third-order valence-corrected chi connectivity index (χ3v) is 6.09. The minimum atomic E-state index is -0.740. The van der Waals surface area contributed by atoms with E-state index in [1.807, 2.05) is 11.0 Å². The lowest BCUT2D eigenvalue weighted by Gasteiger charge is -2.40. The van der Waals surface area contributed by atoms with Gasteiger partial charge in [0.05, 0.1) is 18.2 Å². The van der Waals surface area contributed by atoms with E-state index in [0.29, 0.717) is 31.6 Å². The number of likely N-dealkylation sites (tertiary alicyclic amines) is 1. The number of esters is 1. The summed E-state index contributed by atoms with van der Waals surface area (Å²) in [5.41, 5.74) is -0.693. The van der Waals surface area contributed by atoms with Crippen molar-refractivity contribution < 1.29 is 18.7 Å². The maximum Gasteiger partial charge on any atom is 0.331 e. The van der Waals surface area contributed by atoms with Gasteiger partial charge in [0.1, 0.15) is 11.4 Å². The molecule has 1 aliphatic carbocycles. The quantitative estimate of drug-likeness (QED) is 0.789. The molecule has 134 valence electrons. The molecule has 3 aliphatic rings. The largest absolute Gasteiger partial charge is 0.467 e. The molecule has 1 unspecified atom stereocenters. The van der Waals surface area contributed by atoms with Gasteiger partial charge in [-0.15, -0.1) is 0 Å². The summed E-state index contributed by atoms with van der Waals surface area (Å²) in [6, 6.07) is 6.71. The van der Waals surface area contributed by atoms with Crippen molar-refractivity contribution in [3.05, 3.63) is 30.1 Å². The number of carbonyl (C=O) groups excluding carboxylic acids is 2. The van der Waals surface area contributed by atoms with E-state index in [0.717, 1.165) is 25.8 Å². The highest BCUT2D eigenvalue weighted by Crippen LogP contribution is 2.50. The lowest BCUT2D eigenvalue weighted by atomic mass is 9.78. The Morgan fingerprint density at radius 1 is 1.16 bits per heavy atom. The van der Waals surface area contributed by atoms with E-state index in [2.05, 4.69) is 0 Å². The van der Waals surface area contributed by atoms with Crippen LogP contribution in [0.1, 0.15) is 32.1 Å². The highest BCUT2D eigenvalue weighted by Gasteiger charge is 2.63. The molecule has 1 aromatic carbocycles. The number of halogens is 1. The average Bonchev–Trinajstić information content (AvgIpc) is 3.37. The summed E-state index contributed by atoms with van der Waals surface area (Å²) in [4.78, 5) is 29.1. The van der Waals surface area contributed by atoms with Crippen LogP contribution in [0.15, 0.2) is 24.3 Å². The molecule has 0 N–H and O–H groups in total. The van der Waals surface area contributed by atoms with Gasteiger partial charge in [0.25, 0.3) is 0 Å². The molecule has 1 saturated carbocycles. The van der Waals surface area contributed by atoms with Crippen molar-refractivity contribution >= 4 is 17.6 Å². The molecule has 4 rings (SSSR count). The second kappa shape index (κ2) is 5.71. The van der Waals surface area contributed by atoms with Gasteiger partial charge in [-0.3, -0.25) is 4.79 Å². The van der Waals surface area contributed by atoms with Gasteiger partial charge in [-0.05, 0) is 44.2 Å². The second-order valence-electron chi connectivity index (χ2n) is 7.49. The van der Waals surface area contributed by atoms with Crippen LogP contribution in [0.5, 0.6) is 0 Å². The monoisotopic (exact) mass is 346 g/mol. The molecule has 0 aromatic heterocycles. The zero-order chi connectivity index (χ0) is 17.7. The Labute approximate surface area is 146 Å². The van der Waals surface area contributed by atoms with Crippen LogP contribution in [-0.2, 0) is 14.3 Å². The van der Waals surface area contributed by atoms with Crippen molar-refractivity contribution in [3.8, 4) is 0 Å². The number of rotatable bonds is 3. The van der Waals surface area contributed by atoms with E-state index < -0.39 is 11.0 Å². The highest BCUT2D eigenvalue weighted by molar-refractivity contribution is 5.94. The van der Waals surface area contributed by atoms with Crippen LogP contribution in [0.4, 0.5) is 10.1 Å². The van der Waals surface area contributed by atoms with Gasteiger partial charge in [0.2, 0.25) is 5.91 Å². The summed E-state index contributed by atoms with van der Waals surface area (Å²) in [7, 11) is 1.37. The zero-order valence-electron chi connectivity index (χ0n) is 14.5. The summed E-state index contributed by atoms with van der Waals surface area (Å²) < 4.78 is 19.1. The lowest BCUT2D eigenvalue weighted by molar-refractivity contribution is -0.155. The molecule has 3 fully saturated rings. The predicted molar refractivity (Wildman–Crippen MR) is 90.6 cm³/mol. The number of hydrogen-bond donors (Lipinski definition) is 0. The average molecular weight is 346 g/mol. The van der Waals surface area contributed by atoms with Crippen molar-refractivity contribution in [1.82, 2.24) is 4.90 Å². The zero-order valence-corrected chi connectivity index (χ0v) is 14.5. The minimum Gasteiger partial charge on any atom is -0.467 e. The lowest BCUT2D eigenvalue weighted by Crippen LogP contribution is -2.52. The van der Waals surface area contributed by atoms with Crippen molar-refractivity contribution in [3.63, 3.8) is 0 Å².